The molecule has 0 bridgehead atoms. The monoisotopic (exact) mass is 162 g/mol. The number of carboxylic acids is 2. The van der Waals surface area contributed by atoms with Gasteiger partial charge in [0.15, 0.2) is 6.29 Å². The van der Waals surface area contributed by atoms with E-state index in [2.05, 4.69) is 0 Å². The first-order valence-electron chi connectivity index (χ1n) is 2.56. The van der Waals surface area contributed by atoms with Crippen LogP contribution in [0.1, 0.15) is 6.92 Å². The van der Waals surface area contributed by atoms with Crippen LogP contribution >= 0.6 is 0 Å². The van der Waals surface area contributed by atoms with Gasteiger partial charge >= 0.3 is 5.97 Å². The maximum atomic E-state index is 9.57. The van der Waals surface area contributed by atoms with Crippen LogP contribution in [0.5, 0.6) is 0 Å². The molecule has 0 fully saturated rings. The fourth-order valence-corrected chi connectivity index (χ4v) is 0. The molecule has 0 rings (SSSR count). The molecule has 3 N–H and O–H groups in total. The summed E-state index contributed by atoms with van der Waals surface area (Å²) in [5.74, 6) is -2.64. The van der Waals surface area contributed by atoms with Gasteiger partial charge in [-0.05, 0) is 6.92 Å². The van der Waals surface area contributed by atoms with Gasteiger partial charge in [0.1, 0.15) is 12.0 Å². The molecule has 1 unspecified atom stereocenters. The van der Waals surface area contributed by atoms with Gasteiger partial charge in [-0.3, -0.25) is 9.59 Å². The van der Waals surface area contributed by atoms with Gasteiger partial charge in [0, 0.05) is 0 Å². The number of carbonyl (C=O) groups is 3. The molecule has 0 aliphatic rings. The fraction of sp³-hybridized carbons (Fsp3) is 0.400. The minimum atomic E-state index is -1.68. The third-order valence-electron chi connectivity index (χ3n) is 0.486. The third kappa shape index (κ3) is 17.7. The summed E-state index contributed by atoms with van der Waals surface area (Å²) in [6, 6.07) is -0.731. The lowest BCUT2D eigenvalue weighted by Gasteiger charge is -1.90. The van der Waals surface area contributed by atoms with Crippen LogP contribution in [0.2, 0.25) is 0 Å². The van der Waals surface area contributed by atoms with Crippen molar-refractivity contribution < 1.29 is 24.6 Å². The van der Waals surface area contributed by atoms with Crippen molar-refractivity contribution in [2.24, 2.45) is 5.73 Å². The fourth-order valence-electron chi connectivity index (χ4n) is 0. The summed E-state index contributed by atoms with van der Waals surface area (Å²) in [5, 5.41) is 16.8. The Bertz CT molecular complexity index is 153. The van der Waals surface area contributed by atoms with E-state index in [4.69, 9.17) is 25.5 Å². The molecule has 0 heterocycles. The number of hydrogen-bond donors (Lipinski definition) is 2. The molecule has 0 spiro atoms. The lowest BCUT2D eigenvalue weighted by molar-refractivity contribution is -0.298. The molecule has 0 aliphatic carbocycles. The van der Waals surface area contributed by atoms with Gasteiger partial charge in [-0.2, -0.15) is 0 Å². The van der Waals surface area contributed by atoms with Crippen molar-refractivity contribution in [1.29, 1.82) is 0 Å². The summed E-state index contributed by atoms with van der Waals surface area (Å²) in [6.45, 7) is 1.42. The van der Waals surface area contributed by atoms with Crippen molar-refractivity contribution in [2.45, 2.75) is 13.0 Å². The van der Waals surface area contributed by atoms with Crippen LogP contribution in [0.15, 0.2) is 0 Å². The maximum Gasteiger partial charge on any atom is 0.320 e. The molecular formula is C5H8NO5-. The van der Waals surface area contributed by atoms with E-state index in [1.807, 2.05) is 0 Å². The molecule has 0 aromatic carbocycles. The second-order valence-corrected chi connectivity index (χ2v) is 1.56. The highest BCUT2D eigenvalue weighted by molar-refractivity contribution is 6.17. The number of nitrogens with two attached hydrogens (primary N) is 1. The smallest absolute Gasteiger partial charge is 0.320 e. The lowest BCUT2D eigenvalue weighted by atomic mass is 10.4. The van der Waals surface area contributed by atoms with Crippen LogP contribution in [-0.4, -0.2) is 29.4 Å². The van der Waals surface area contributed by atoms with Gasteiger partial charge in [-0.25, -0.2) is 0 Å². The Morgan fingerprint density at radius 3 is 1.82 bits per heavy atom. The predicted octanol–water partition coefficient (Wildman–Crippen LogP) is -2.65. The molecule has 0 amide bonds. The molecule has 0 saturated carbocycles. The quantitative estimate of drug-likeness (QED) is 0.338. The molecule has 1 atom stereocenters. The zero-order valence-corrected chi connectivity index (χ0v) is 5.81. The largest absolute Gasteiger partial charge is 0.542 e. The zero-order valence-electron chi connectivity index (χ0n) is 5.81. The van der Waals surface area contributed by atoms with Crippen LogP contribution in [0.3, 0.4) is 0 Å². The zero-order chi connectivity index (χ0) is 9.44. The van der Waals surface area contributed by atoms with Crippen molar-refractivity contribution in [3.63, 3.8) is 0 Å². The van der Waals surface area contributed by atoms with Crippen molar-refractivity contribution in [3.8, 4) is 0 Å². The van der Waals surface area contributed by atoms with E-state index in [1.165, 1.54) is 6.92 Å². The highest BCUT2D eigenvalue weighted by atomic mass is 16.4. The van der Waals surface area contributed by atoms with Gasteiger partial charge < -0.3 is 20.7 Å². The average molecular weight is 162 g/mol. The van der Waals surface area contributed by atoms with Crippen LogP contribution in [-0.2, 0) is 14.4 Å². The number of aliphatic carboxylic acids is 2. The number of hydrogen-bond acceptors (Lipinski definition) is 5. The second-order valence-electron chi connectivity index (χ2n) is 1.56. The number of rotatable bonds is 2. The molecule has 0 aromatic rings. The summed E-state index contributed by atoms with van der Waals surface area (Å²) in [4.78, 5) is 27.3. The summed E-state index contributed by atoms with van der Waals surface area (Å²) < 4.78 is 0. The van der Waals surface area contributed by atoms with Gasteiger partial charge in [0.25, 0.3) is 0 Å². The number of aldehydes is 1. The average Bonchev–Trinajstić information content (AvgIpc) is 1.89. The van der Waals surface area contributed by atoms with Crippen molar-refractivity contribution in [2.75, 3.05) is 0 Å². The topological polar surface area (TPSA) is 121 Å². The molecule has 0 aromatic heterocycles. The van der Waals surface area contributed by atoms with E-state index in [-0.39, 0.29) is 6.29 Å². The SMILES string of the molecule is CC(N)C(=O)O.O=CC(=O)[O-]. The molecule has 11 heavy (non-hydrogen) atoms. The summed E-state index contributed by atoms with van der Waals surface area (Å²) >= 11 is 0. The molecular weight excluding hydrogens is 154 g/mol. The molecule has 0 aliphatic heterocycles. The van der Waals surface area contributed by atoms with E-state index in [1.54, 1.807) is 0 Å². The summed E-state index contributed by atoms with van der Waals surface area (Å²) in [5.41, 5.74) is 4.84. The second kappa shape index (κ2) is 6.69. The van der Waals surface area contributed by atoms with Crippen molar-refractivity contribution in [1.82, 2.24) is 0 Å². The highest BCUT2D eigenvalue weighted by Crippen LogP contribution is 1.68. The molecule has 0 saturated heterocycles. The highest BCUT2D eigenvalue weighted by Gasteiger charge is 1.99. The minimum absolute atomic E-state index is 0.278. The van der Waals surface area contributed by atoms with Gasteiger partial charge in [-0.15, -0.1) is 0 Å². The van der Waals surface area contributed by atoms with E-state index >= 15 is 0 Å². The van der Waals surface area contributed by atoms with E-state index in [9.17, 15) is 4.79 Å². The molecule has 6 heteroatoms. The Balaban J connectivity index is 0. The normalized spacial score (nSPS) is 10.4. The number of carboxylic acid groups (broad SMARTS) is 2. The first kappa shape index (κ1) is 12.3. The van der Waals surface area contributed by atoms with Crippen LogP contribution in [0.25, 0.3) is 0 Å². The van der Waals surface area contributed by atoms with E-state index in [0.29, 0.717) is 0 Å². The lowest BCUT2D eigenvalue weighted by Crippen LogP contribution is -2.25. The Kier molecular flexibility index (Phi) is 7.46. The standard InChI is InChI=1S/C3H7NO2.C2H2O3/c1-2(4)3(5)6;3-1-2(4)5/h2H,4H2,1H3,(H,5,6);1H,(H,4,5)/p-1. The molecule has 6 nitrogen and oxygen atoms in total. The Morgan fingerprint density at radius 1 is 1.64 bits per heavy atom. The first-order chi connectivity index (χ1) is 4.91. The first-order valence-corrected chi connectivity index (χ1v) is 2.56. The molecule has 64 valence electrons. The van der Waals surface area contributed by atoms with Crippen molar-refractivity contribution in [3.05, 3.63) is 0 Å². The number of carbonyl (C=O) groups excluding carboxylic acids is 2. The summed E-state index contributed by atoms with van der Waals surface area (Å²) in [6.07, 6.45) is -0.278. The van der Waals surface area contributed by atoms with Gasteiger partial charge in [0.2, 0.25) is 0 Å². The van der Waals surface area contributed by atoms with Gasteiger partial charge in [-0.1, -0.05) is 0 Å². The Labute approximate surface area is 62.6 Å². The van der Waals surface area contributed by atoms with Gasteiger partial charge in [0.05, 0.1) is 0 Å². The van der Waals surface area contributed by atoms with Crippen molar-refractivity contribution >= 4 is 18.2 Å². The Morgan fingerprint density at radius 2 is 1.82 bits per heavy atom. The Hall–Kier alpha value is -1.43. The van der Waals surface area contributed by atoms with Crippen LogP contribution in [0, 0.1) is 0 Å². The van der Waals surface area contributed by atoms with E-state index in [0.717, 1.165) is 0 Å². The molecule has 0 radical (unpaired) electrons. The van der Waals surface area contributed by atoms with Crippen LogP contribution < -0.4 is 10.8 Å². The maximum absolute atomic E-state index is 9.57. The minimum Gasteiger partial charge on any atom is -0.542 e. The third-order valence-corrected chi connectivity index (χ3v) is 0.486. The van der Waals surface area contributed by atoms with E-state index < -0.39 is 18.0 Å². The van der Waals surface area contributed by atoms with Crippen LogP contribution in [0.4, 0.5) is 0 Å². The summed E-state index contributed by atoms with van der Waals surface area (Å²) in [7, 11) is 0. The predicted molar refractivity (Wildman–Crippen MR) is 32.4 cm³/mol.